The van der Waals surface area contributed by atoms with Crippen molar-refractivity contribution in [2.75, 3.05) is 0 Å². The van der Waals surface area contributed by atoms with Crippen LogP contribution in [0.25, 0.3) is 55.4 Å². The number of hydrogen-bond acceptors (Lipinski definition) is 2. The molecule has 0 amide bonds. The van der Waals surface area contributed by atoms with E-state index in [-0.39, 0.29) is 0 Å². The van der Waals surface area contributed by atoms with E-state index in [1.165, 1.54) is 16.7 Å². The van der Waals surface area contributed by atoms with Crippen molar-refractivity contribution in [3.63, 3.8) is 0 Å². The summed E-state index contributed by atoms with van der Waals surface area (Å²) in [6, 6.07) is 31.6. The maximum atomic E-state index is 10.0. The first-order valence-electron chi connectivity index (χ1n) is 12.5. The maximum Gasteiger partial charge on any atom is 0.216 e. The second kappa shape index (κ2) is 8.76. The fraction of sp³-hybridized carbons (Fsp3) is 0.118. The van der Waals surface area contributed by atoms with Gasteiger partial charge < -0.3 is 4.42 Å². The SMILES string of the molecule is Cc1ccc(-c2c(C)cc(C)c3c2oc2c(-c4ccc(-c5ccccc5)cc4)c(C#N)ccc23)[n+](C)c1. The first-order chi connectivity index (χ1) is 18.0. The van der Waals surface area contributed by atoms with Crippen LogP contribution in [0.5, 0.6) is 0 Å². The van der Waals surface area contributed by atoms with Crippen molar-refractivity contribution in [2.24, 2.45) is 7.05 Å². The highest BCUT2D eigenvalue weighted by molar-refractivity contribution is 6.15. The van der Waals surface area contributed by atoms with Crippen LogP contribution in [-0.2, 0) is 7.05 Å². The van der Waals surface area contributed by atoms with Gasteiger partial charge in [0.1, 0.15) is 18.2 Å². The number of aryl methyl sites for hydroxylation is 4. The highest BCUT2D eigenvalue weighted by atomic mass is 16.3. The van der Waals surface area contributed by atoms with Crippen LogP contribution in [0.3, 0.4) is 0 Å². The summed E-state index contributed by atoms with van der Waals surface area (Å²) >= 11 is 0. The third-order valence-electron chi connectivity index (χ3n) is 7.25. The van der Waals surface area contributed by atoms with Crippen LogP contribution in [0.1, 0.15) is 22.3 Å². The first kappa shape index (κ1) is 22.8. The minimum absolute atomic E-state index is 0.607. The van der Waals surface area contributed by atoms with Crippen LogP contribution in [0, 0.1) is 32.1 Å². The van der Waals surface area contributed by atoms with Gasteiger partial charge in [-0.05, 0) is 66.8 Å². The van der Waals surface area contributed by atoms with E-state index in [1.807, 2.05) is 30.3 Å². The smallest absolute Gasteiger partial charge is 0.216 e. The molecular weight excluding hydrogens is 452 g/mol. The second-order valence-corrected chi connectivity index (χ2v) is 9.81. The summed E-state index contributed by atoms with van der Waals surface area (Å²) in [6.07, 6.45) is 2.14. The Morgan fingerprint density at radius 3 is 2.11 bits per heavy atom. The number of fused-ring (bicyclic) bond motifs is 3. The molecule has 6 rings (SSSR count). The third kappa shape index (κ3) is 3.70. The van der Waals surface area contributed by atoms with Crippen LogP contribution in [0.15, 0.2) is 95.5 Å². The van der Waals surface area contributed by atoms with Crippen molar-refractivity contribution < 1.29 is 8.98 Å². The molecular formula is C34H27N2O+. The van der Waals surface area contributed by atoms with E-state index in [2.05, 4.69) is 99.2 Å². The maximum absolute atomic E-state index is 10.0. The van der Waals surface area contributed by atoms with Crippen LogP contribution in [0.4, 0.5) is 0 Å². The lowest BCUT2D eigenvalue weighted by molar-refractivity contribution is -0.660. The molecule has 0 unspecified atom stereocenters. The monoisotopic (exact) mass is 479 g/mol. The molecule has 178 valence electrons. The molecule has 0 aliphatic rings. The van der Waals surface area contributed by atoms with Gasteiger partial charge in [0.2, 0.25) is 5.69 Å². The Labute approximate surface area is 216 Å². The zero-order chi connectivity index (χ0) is 25.7. The third-order valence-corrected chi connectivity index (χ3v) is 7.25. The van der Waals surface area contributed by atoms with Crippen molar-refractivity contribution in [3.8, 4) is 39.6 Å². The standard InChI is InChI=1S/C34H27N2O/c1-21-10-17-29(36(4)20-21)31-23(3)18-22(2)30-28-16-15-27(19-35)32(33(28)37-34(30)31)26-13-11-25(12-14-26)24-8-6-5-7-9-24/h5-18,20H,1-4H3/q+1. The number of furan rings is 1. The van der Waals surface area contributed by atoms with Crippen LogP contribution in [0.2, 0.25) is 0 Å². The molecule has 2 aromatic heterocycles. The first-order valence-corrected chi connectivity index (χ1v) is 12.5. The lowest BCUT2D eigenvalue weighted by atomic mass is 9.93. The lowest BCUT2D eigenvalue weighted by Crippen LogP contribution is -2.31. The number of benzene rings is 4. The molecule has 2 heterocycles. The van der Waals surface area contributed by atoms with E-state index < -0.39 is 0 Å². The van der Waals surface area contributed by atoms with E-state index in [1.54, 1.807) is 0 Å². The summed E-state index contributed by atoms with van der Waals surface area (Å²) in [5.74, 6) is 0. The molecule has 3 heteroatoms. The summed E-state index contributed by atoms with van der Waals surface area (Å²) in [5, 5.41) is 12.2. The van der Waals surface area contributed by atoms with Crippen molar-refractivity contribution in [1.29, 1.82) is 5.26 Å². The van der Waals surface area contributed by atoms with E-state index in [4.69, 9.17) is 4.42 Å². The summed E-state index contributed by atoms with van der Waals surface area (Å²) in [7, 11) is 2.07. The predicted octanol–water partition coefficient (Wildman–Crippen LogP) is 8.21. The molecule has 0 spiro atoms. The Balaban J connectivity index is 1.64. The number of rotatable bonds is 3. The van der Waals surface area contributed by atoms with Gasteiger partial charge >= 0.3 is 0 Å². The molecule has 0 aliphatic carbocycles. The van der Waals surface area contributed by atoms with Gasteiger partial charge in [-0.15, -0.1) is 0 Å². The predicted molar refractivity (Wildman–Crippen MR) is 150 cm³/mol. The number of pyridine rings is 1. The zero-order valence-electron chi connectivity index (χ0n) is 21.5. The van der Waals surface area contributed by atoms with E-state index in [0.717, 1.165) is 55.4 Å². The van der Waals surface area contributed by atoms with Crippen LogP contribution in [-0.4, -0.2) is 0 Å². The molecule has 6 aromatic rings. The molecule has 3 nitrogen and oxygen atoms in total. The molecule has 0 aliphatic heterocycles. The summed E-state index contributed by atoms with van der Waals surface area (Å²) in [6.45, 7) is 6.37. The van der Waals surface area contributed by atoms with Gasteiger partial charge in [-0.25, -0.2) is 4.57 Å². The number of aromatic nitrogens is 1. The van der Waals surface area contributed by atoms with Gasteiger partial charge in [0.05, 0.1) is 17.2 Å². The van der Waals surface area contributed by atoms with Gasteiger partial charge in [-0.1, -0.05) is 60.7 Å². The number of nitriles is 1. The highest BCUT2D eigenvalue weighted by Gasteiger charge is 2.24. The van der Waals surface area contributed by atoms with Gasteiger partial charge in [0.25, 0.3) is 0 Å². The average Bonchev–Trinajstić information content (AvgIpc) is 3.29. The minimum atomic E-state index is 0.607. The van der Waals surface area contributed by atoms with Crippen molar-refractivity contribution in [2.45, 2.75) is 20.8 Å². The van der Waals surface area contributed by atoms with Crippen molar-refractivity contribution >= 4 is 21.9 Å². The lowest BCUT2D eigenvalue weighted by Gasteiger charge is -2.08. The van der Waals surface area contributed by atoms with E-state index in [0.29, 0.717) is 5.56 Å². The second-order valence-electron chi connectivity index (χ2n) is 9.81. The van der Waals surface area contributed by atoms with Gasteiger partial charge in [-0.2, -0.15) is 5.26 Å². The quantitative estimate of drug-likeness (QED) is 0.240. The van der Waals surface area contributed by atoms with Crippen LogP contribution < -0.4 is 4.57 Å². The van der Waals surface area contributed by atoms with E-state index >= 15 is 0 Å². The summed E-state index contributed by atoms with van der Waals surface area (Å²) in [5.41, 5.74) is 12.1. The molecule has 0 saturated carbocycles. The fourth-order valence-electron chi connectivity index (χ4n) is 5.54. The topological polar surface area (TPSA) is 40.8 Å². The van der Waals surface area contributed by atoms with Crippen molar-refractivity contribution in [3.05, 3.63) is 113 Å². The van der Waals surface area contributed by atoms with Crippen LogP contribution >= 0.6 is 0 Å². The average molecular weight is 480 g/mol. The van der Waals surface area contributed by atoms with E-state index in [9.17, 15) is 5.26 Å². The summed E-state index contributed by atoms with van der Waals surface area (Å²) in [4.78, 5) is 0. The largest absolute Gasteiger partial charge is 0.454 e. The Morgan fingerprint density at radius 2 is 1.41 bits per heavy atom. The summed E-state index contributed by atoms with van der Waals surface area (Å²) < 4.78 is 8.92. The fourth-order valence-corrected chi connectivity index (χ4v) is 5.54. The Kier molecular flexibility index (Phi) is 5.39. The van der Waals surface area contributed by atoms with Gasteiger partial charge in [0.15, 0.2) is 6.20 Å². The molecule has 0 fully saturated rings. The van der Waals surface area contributed by atoms with Crippen molar-refractivity contribution in [1.82, 2.24) is 0 Å². The molecule has 0 saturated heterocycles. The minimum Gasteiger partial charge on any atom is -0.454 e. The zero-order valence-corrected chi connectivity index (χ0v) is 21.5. The molecule has 0 radical (unpaired) electrons. The number of hydrogen-bond donors (Lipinski definition) is 0. The normalized spacial score (nSPS) is 11.2. The Morgan fingerprint density at radius 1 is 0.703 bits per heavy atom. The van der Waals surface area contributed by atoms with Gasteiger partial charge in [0, 0.05) is 28.0 Å². The molecule has 0 bridgehead atoms. The molecule has 37 heavy (non-hydrogen) atoms. The molecule has 4 aromatic carbocycles. The Bertz CT molecular complexity index is 1850. The molecule has 0 atom stereocenters. The number of nitrogens with zero attached hydrogens (tertiary/aromatic N) is 2. The van der Waals surface area contributed by atoms with Gasteiger partial charge in [-0.3, -0.25) is 0 Å². The highest BCUT2D eigenvalue weighted by Crippen LogP contribution is 2.43. The Hall–Kier alpha value is -4.68. The molecule has 0 N–H and O–H groups in total.